The van der Waals surface area contributed by atoms with Gasteiger partial charge < -0.3 is 63.8 Å². The second-order valence-corrected chi connectivity index (χ2v) is 16.9. The molecule has 3 saturated heterocycles. The highest BCUT2D eigenvalue weighted by molar-refractivity contribution is 5.85. The minimum Gasteiger partial charge on any atom is -0.458 e. The SMILES string of the molecule is CO[C@H]1[C@H](O)[C@H](O[C@H]2CC[C@@]3(C)[C@@H](C2)C[C@@H]2O[C@]24[C@@H]3CC[C@]2(C)[C@H](C3=CC(=O)OC3)CC[C@]42O)O[C@@H](C)[C@@H]1O[C@@H]1O[C@H](CO)[C@@H](O)[C@H](O)[C@H]1O. The highest BCUT2D eigenvalue weighted by atomic mass is 16.7. The van der Waals surface area contributed by atoms with Crippen molar-refractivity contribution >= 4 is 5.97 Å². The first kappa shape index (κ1) is 35.7. The Balaban J connectivity index is 0.933. The number of aliphatic hydroxyl groups excluding tert-OH is 5. The van der Waals surface area contributed by atoms with E-state index >= 15 is 0 Å². The van der Waals surface area contributed by atoms with Gasteiger partial charge in [0.2, 0.25) is 0 Å². The fourth-order valence-corrected chi connectivity index (χ4v) is 12.0. The van der Waals surface area contributed by atoms with Gasteiger partial charge in [0.25, 0.3) is 0 Å². The topological polar surface area (TPSA) is 206 Å². The van der Waals surface area contributed by atoms with Gasteiger partial charge in [-0.05, 0) is 87.0 Å². The quantitative estimate of drug-likeness (QED) is 0.118. The third-order valence-electron chi connectivity index (χ3n) is 14.8. The molecule has 0 unspecified atom stereocenters. The van der Waals surface area contributed by atoms with E-state index in [9.17, 15) is 35.4 Å². The molecule has 8 rings (SSSR count). The summed E-state index contributed by atoms with van der Waals surface area (Å²) < 4.78 is 41.8. The van der Waals surface area contributed by atoms with Crippen LogP contribution in [0.25, 0.3) is 0 Å². The molecule has 282 valence electrons. The molecule has 0 bridgehead atoms. The van der Waals surface area contributed by atoms with Gasteiger partial charge in [-0.15, -0.1) is 0 Å². The minimum absolute atomic E-state index is 0.0436. The van der Waals surface area contributed by atoms with E-state index in [4.69, 9.17) is 33.2 Å². The number of rotatable bonds is 7. The Morgan fingerprint density at radius 2 is 1.66 bits per heavy atom. The molecule has 0 aromatic heterocycles. The van der Waals surface area contributed by atoms with Crippen LogP contribution in [-0.2, 0) is 38.0 Å². The van der Waals surface area contributed by atoms with E-state index in [1.807, 2.05) is 0 Å². The molecular formula is C36H54O14. The first-order valence-corrected chi connectivity index (χ1v) is 18.5. The van der Waals surface area contributed by atoms with E-state index in [2.05, 4.69) is 13.8 Å². The van der Waals surface area contributed by atoms with Crippen molar-refractivity contribution in [2.75, 3.05) is 20.3 Å². The van der Waals surface area contributed by atoms with E-state index < -0.39 is 84.6 Å². The molecular weight excluding hydrogens is 656 g/mol. The summed E-state index contributed by atoms with van der Waals surface area (Å²) in [5, 5.41) is 64.6. The number of hydrogen-bond donors (Lipinski definition) is 6. The van der Waals surface area contributed by atoms with E-state index in [0.717, 1.165) is 50.5 Å². The van der Waals surface area contributed by atoms with Crippen molar-refractivity contribution in [1.82, 2.24) is 0 Å². The molecule has 6 N–H and O–H groups in total. The monoisotopic (exact) mass is 710 g/mol. The zero-order valence-corrected chi connectivity index (χ0v) is 29.3. The number of methoxy groups -OCH3 is 1. The predicted octanol–water partition coefficient (Wildman–Crippen LogP) is 0.0657. The minimum atomic E-state index is -1.61. The summed E-state index contributed by atoms with van der Waals surface area (Å²) in [7, 11) is 1.43. The fraction of sp³-hybridized carbons (Fsp3) is 0.917. The lowest BCUT2D eigenvalue weighted by Crippen LogP contribution is -2.68. The normalized spacial score (nSPS) is 57.2. The molecule has 19 atom stereocenters. The van der Waals surface area contributed by atoms with Crippen molar-refractivity contribution < 1.29 is 68.6 Å². The molecule has 7 fully saturated rings. The molecule has 0 amide bonds. The zero-order chi connectivity index (χ0) is 35.5. The van der Waals surface area contributed by atoms with Crippen LogP contribution in [0, 0.1) is 28.6 Å². The van der Waals surface area contributed by atoms with Crippen molar-refractivity contribution in [2.24, 2.45) is 28.6 Å². The summed E-state index contributed by atoms with van der Waals surface area (Å²) in [5.74, 6) is 0.287. The average molecular weight is 711 g/mol. The number of carbonyl (C=O) groups is 1. The average Bonchev–Trinajstić information content (AvgIpc) is 3.53. The zero-order valence-electron chi connectivity index (χ0n) is 29.3. The van der Waals surface area contributed by atoms with Crippen molar-refractivity contribution in [3.05, 3.63) is 11.6 Å². The van der Waals surface area contributed by atoms with Crippen LogP contribution in [0.4, 0.5) is 0 Å². The molecule has 14 nitrogen and oxygen atoms in total. The number of epoxide rings is 1. The van der Waals surface area contributed by atoms with Crippen LogP contribution in [0.1, 0.15) is 72.1 Å². The van der Waals surface area contributed by atoms with Crippen molar-refractivity contribution in [2.45, 2.75) is 157 Å². The van der Waals surface area contributed by atoms with Crippen LogP contribution >= 0.6 is 0 Å². The third kappa shape index (κ3) is 4.93. The Bertz CT molecular complexity index is 1360. The highest BCUT2D eigenvalue weighted by Crippen LogP contribution is 2.77. The smallest absolute Gasteiger partial charge is 0.331 e. The number of aliphatic hydroxyl groups is 6. The number of carbonyl (C=O) groups excluding carboxylic acids is 1. The van der Waals surface area contributed by atoms with E-state index in [0.29, 0.717) is 18.9 Å². The molecule has 4 heterocycles. The van der Waals surface area contributed by atoms with Gasteiger partial charge in [-0.2, -0.15) is 0 Å². The Hall–Kier alpha value is -1.27. The number of hydrogen-bond acceptors (Lipinski definition) is 14. The Labute approximate surface area is 291 Å². The van der Waals surface area contributed by atoms with E-state index in [1.54, 1.807) is 13.0 Å². The summed E-state index contributed by atoms with van der Waals surface area (Å²) in [6.07, 6.45) is -4.22. The molecule has 4 aliphatic heterocycles. The lowest BCUT2D eigenvalue weighted by molar-refractivity contribution is -0.362. The summed E-state index contributed by atoms with van der Waals surface area (Å²) >= 11 is 0. The van der Waals surface area contributed by atoms with Gasteiger partial charge in [0.05, 0.1) is 24.9 Å². The van der Waals surface area contributed by atoms with Crippen molar-refractivity contribution in [3.8, 4) is 0 Å². The number of ether oxygens (including phenoxy) is 7. The summed E-state index contributed by atoms with van der Waals surface area (Å²) in [5.41, 5.74) is -1.02. The first-order valence-electron chi connectivity index (χ1n) is 18.5. The maximum atomic E-state index is 12.7. The first-order chi connectivity index (χ1) is 23.7. The summed E-state index contributed by atoms with van der Waals surface area (Å²) in [6.45, 7) is 6.00. The van der Waals surface area contributed by atoms with Gasteiger partial charge in [0, 0.05) is 18.6 Å². The molecule has 14 heteroatoms. The fourth-order valence-electron chi connectivity index (χ4n) is 12.0. The lowest BCUT2D eigenvalue weighted by atomic mass is 9.43. The molecule has 4 aliphatic carbocycles. The maximum Gasteiger partial charge on any atom is 0.331 e. The van der Waals surface area contributed by atoms with E-state index in [1.165, 1.54) is 7.11 Å². The Morgan fingerprint density at radius 3 is 2.36 bits per heavy atom. The largest absolute Gasteiger partial charge is 0.458 e. The van der Waals surface area contributed by atoms with Crippen LogP contribution in [0.5, 0.6) is 0 Å². The number of fused-ring (bicyclic) bond motifs is 3. The molecule has 4 saturated carbocycles. The van der Waals surface area contributed by atoms with Gasteiger partial charge in [0.1, 0.15) is 60.5 Å². The Morgan fingerprint density at radius 1 is 0.900 bits per heavy atom. The number of cyclic esters (lactones) is 1. The summed E-state index contributed by atoms with van der Waals surface area (Å²) in [6, 6.07) is 0. The van der Waals surface area contributed by atoms with Gasteiger partial charge in [-0.1, -0.05) is 13.8 Å². The molecule has 0 aromatic rings. The van der Waals surface area contributed by atoms with Crippen LogP contribution in [0.15, 0.2) is 11.6 Å². The molecule has 50 heavy (non-hydrogen) atoms. The van der Waals surface area contributed by atoms with Crippen LogP contribution in [-0.4, -0.2) is 142 Å². The second-order valence-electron chi connectivity index (χ2n) is 16.9. The lowest BCUT2D eigenvalue weighted by Gasteiger charge is -2.62. The predicted molar refractivity (Wildman–Crippen MR) is 170 cm³/mol. The van der Waals surface area contributed by atoms with Gasteiger partial charge >= 0.3 is 5.97 Å². The maximum absolute atomic E-state index is 12.7. The highest BCUT2D eigenvalue weighted by Gasteiger charge is 2.84. The molecule has 8 aliphatic rings. The molecule has 0 aromatic carbocycles. The van der Waals surface area contributed by atoms with Crippen molar-refractivity contribution in [3.63, 3.8) is 0 Å². The third-order valence-corrected chi connectivity index (χ3v) is 14.8. The van der Waals surface area contributed by atoms with Crippen LogP contribution < -0.4 is 0 Å². The van der Waals surface area contributed by atoms with Crippen LogP contribution in [0.3, 0.4) is 0 Å². The second kappa shape index (κ2) is 12.4. The van der Waals surface area contributed by atoms with Gasteiger partial charge in [-0.3, -0.25) is 0 Å². The van der Waals surface area contributed by atoms with Crippen LogP contribution in [0.2, 0.25) is 0 Å². The standard InChI is InChI=1S/C36H54O14/c1-16-29(49-31-27(41)26(40)25(39)21(14-37)48-31)30(44-4)28(42)32(46-16)47-19-5-8-33(2)18(12-19)13-23-36(50-23)22(33)7-9-34(3)20(6-10-35(34,36)43)17-11-24(38)45-15-17/h11,16,18-23,25-32,37,39-43H,5-10,12-15H2,1-4H3/t16-,18-,19-,20-,21+,22+,23-,25+,26-,27+,28-,29-,30-,31-,32-,33-,34+,35+,36+/m0/s1. The Kier molecular flexibility index (Phi) is 8.86. The van der Waals surface area contributed by atoms with Gasteiger partial charge in [-0.25, -0.2) is 4.79 Å². The molecule has 1 spiro atoms. The van der Waals surface area contributed by atoms with Crippen molar-refractivity contribution in [1.29, 1.82) is 0 Å². The van der Waals surface area contributed by atoms with Gasteiger partial charge in [0.15, 0.2) is 12.6 Å². The summed E-state index contributed by atoms with van der Waals surface area (Å²) in [4.78, 5) is 11.9. The molecule has 0 radical (unpaired) electrons. The number of esters is 1. The van der Waals surface area contributed by atoms with E-state index in [-0.39, 0.29) is 35.4 Å².